The predicted molar refractivity (Wildman–Crippen MR) is 80.3 cm³/mol. The number of nitrogens with zero attached hydrogens (tertiary/aromatic N) is 1. The number of amides is 1. The van der Waals surface area contributed by atoms with E-state index >= 15 is 0 Å². The lowest BCUT2D eigenvalue weighted by molar-refractivity contribution is 0.0952. The largest absolute Gasteiger partial charge is 0.507 e. The van der Waals surface area contributed by atoms with Gasteiger partial charge < -0.3 is 5.11 Å². The van der Waals surface area contributed by atoms with Crippen molar-refractivity contribution in [1.82, 2.24) is 5.43 Å². The third-order valence-corrected chi connectivity index (χ3v) is 4.01. The standard InChI is InChI=1S/C15H19ClN2O2/c1-2-10-3-6-12(7-4-10)17-18-15(20)13-8-5-11(16)9-14(13)19/h5,8-10,19H,2-4,6-7H2,1H3,(H,18,20). The molecule has 5 heteroatoms. The van der Waals surface area contributed by atoms with Gasteiger partial charge in [0, 0.05) is 10.7 Å². The zero-order chi connectivity index (χ0) is 14.5. The molecule has 1 fully saturated rings. The lowest BCUT2D eigenvalue weighted by atomic mass is 9.86. The fourth-order valence-corrected chi connectivity index (χ4v) is 2.58. The normalized spacial score (nSPS) is 18.7. The maximum absolute atomic E-state index is 11.9. The van der Waals surface area contributed by atoms with Crippen molar-refractivity contribution < 1.29 is 9.90 Å². The Hall–Kier alpha value is -1.55. The minimum atomic E-state index is -0.413. The molecule has 0 spiro atoms. The number of aromatic hydroxyl groups is 1. The first-order chi connectivity index (χ1) is 9.60. The molecule has 20 heavy (non-hydrogen) atoms. The Balaban J connectivity index is 1.95. The molecule has 0 saturated heterocycles. The number of benzene rings is 1. The average Bonchev–Trinajstić information content (AvgIpc) is 2.45. The van der Waals surface area contributed by atoms with Crippen LogP contribution in [0.15, 0.2) is 23.3 Å². The second-order valence-corrected chi connectivity index (χ2v) is 5.57. The number of hydrazone groups is 1. The number of phenols is 1. The second kappa shape index (κ2) is 6.75. The van der Waals surface area contributed by atoms with E-state index in [-0.39, 0.29) is 11.3 Å². The van der Waals surface area contributed by atoms with Gasteiger partial charge in [0.05, 0.1) is 5.56 Å². The van der Waals surface area contributed by atoms with Crippen LogP contribution < -0.4 is 5.43 Å². The molecular weight excluding hydrogens is 276 g/mol. The van der Waals surface area contributed by atoms with Crippen molar-refractivity contribution in [2.75, 3.05) is 0 Å². The number of hydrogen-bond acceptors (Lipinski definition) is 3. The van der Waals surface area contributed by atoms with E-state index in [9.17, 15) is 9.90 Å². The zero-order valence-corrected chi connectivity index (χ0v) is 12.3. The Kier molecular flexibility index (Phi) is 5.01. The van der Waals surface area contributed by atoms with Gasteiger partial charge in [-0.25, -0.2) is 5.43 Å². The van der Waals surface area contributed by atoms with E-state index in [4.69, 9.17) is 11.6 Å². The van der Waals surface area contributed by atoms with Crippen LogP contribution in [0.4, 0.5) is 0 Å². The maximum atomic E-state index is 11.9. The van der Waals surface area contributed by atoms with Crippen molar-refractivity contribution in [2.45, 2.75) is 39.0 Å². The molecule has 1 amide bonds. The summed E-state index contributed by atoms with van der Waals surface area (Å²) in [4.78, 5) is 11.9. The van der Waals surface area contributed by atoms with E-state index in [1.165, 1.54) is 18.6 Å². The topological polar surface area (TPSA) is 61.7 Å². The number of hydrogen-bond donors (Lipinski definition) is 2. The monoisotopic (exact) mass is 294 g/mol. The first-order valence-electron chi connectivity index (χ1n) is 6.94. The van der Waals surface area contributed by atoms with Gasteiger partial charge in [-0.15, -0.1) is 0 Å². The highest BCUT2D eigenvalue weighted by Crippen LogP contribution is 2.25. The smallest absolute Gasteiger partial charge is 0.275 e. The Labute approximate surface area is 123 Å². The highest BCUT2D eigenvalue weighted by Gasteiger charge is 2.17. The molecule has 0 radical (unpaired) electrons. The van der Waals surface area contributed by atoms with Crippen molar-refractivity contribution in [3.63, 3.8) is 0 Å². The van der Waals surface area contributed by atoms with Gasteiger partial charge in [0.25, 0.3) is 5.91 Å². The van der Waals surface area contributed by atoms with Crippen molar-refractivity contribution in [2.24, 2.45) is 11.0 Å². The first-order valence-corrected chi connectivity index (χ1v) is 7.32. The molecule has 1 aliphatic rings. The van der Waals surface area contributed by atoms with E-state index in [1.807, 2.05) is 0 Å². The van der Waals surface area contributed by atoms with Crippen molar-refractivity contribution in [3.05, 3.63) is 28.8 Å². The lowest BCUT2D eigenvalue weighted by Gasteiger charge is -2.21. The van der Waals surface area contributed by atoms with Gasteiger partial charge in [0.2, 0.25) is 0 Å². The molecule has 108 valence electrons. The average molecular weight is 295 g/mol. The van der Waals surface area contributed by atoms with Gasteiger partial charge in [0.1, 0.15) is 5.75 Å². The Morgan fingerprint density at radius 2 is 2.15 bits per heavy atom. The highest BCUT2D eigenvalue weighted by molar-refractivity contribution is 6.30. The molecule has 0 bridgehead atoms. The quantitative estimate of drug-likeness (QED) is 0.834. The van der Waals surface area contributed by atoms with Gasteiger partial charge >= 0.3 is 0 Å². The number of halogens is 1. The van der Waals surface area contributed by atoms with Crippen LogP contribution in [0.1, 0.15) is 49.4 Å². The van der Waals surface area contributed by atoms with Crippen LogP contribution in [-0.4, -0.2) is 16.7 Å². The van der Waals surface area contributed by atoms with Crippen LogP contribution in [-0.2, 0) is 0 Å². The molecule has 1 aromatic carbocycles. The maximum Gasteiger partial charge on any atom is 0.275 e. The molecule has 1 aliphatic carbocycles. The summed E-state index contributed by atoms with van der Waals surface area (Å²) in [6, 6.07) is 4.40. The number of phenolic OH excluding ortho intramolecular Hbond substituents is 1. The van der Waals surface area contributed by atoms with Crippen LogP contribution in [0.5, 0.6) is 5.75 Å². The third kappa shape index (κ3) is 3.73. The molecule has 4 nitrogen and oxygen atoms in total. The summed E-state index contributed by atoms with van der Waals surface area (Å²) < 4.78 is 0. The molecule has 0 unspecified atom stereocenters. The Morgan fingerprint density at radius 3 is 2.75 bits per heavy atom. The molecule has 2 N–H and O–H groups in total. The fraction of sp³-hybridized carbons (Fsp3) is 0.467. The number of nitrogens with one attached hydrogen (secondary N) is 1. The molecule has 0 aromatic heterocycles. The van der Waals surface area contributed by atoms with Crippen molar-refractivity contribution in [1.29, 1.82) is 0 Å². The fourth-order valence-electron chi connectivity index (χ4n) is 2.42. The summed E-state index contributed by atoms with van der Waals surface area (Å²) in [5, 5.41) is 14.2. The van der Waals surface area contributed by atoms with Crippen LogP contribution in [0.25, 0.3) is 0 Å². The molecule has 0 heterocycles. The van der Waals surface area contributed by atoms with Gasteiger partial charge in [-0.1, -0.05) is 24.9 Å². The number of rotatable bonds is 3. The minimum absolute atomic E-state index is 0.134. The summed E-state index contributed by atoms with van der Waals surface area (Å²) in [6.07, 6.45) is 5.35. The predicted octanol–water partition coefficient (Wildman–Crippen LogP) is 3.73. The van der Waals surface area contributed by atoms with Crippen LogP contribution in [0.3, 0.4) is 0 Å². The van der Waals surface area contributed by atoms with Crippen molar-refractivity contribution in [3.8, 4) is 5.75 Å². The Morgan fingerprint density at radius 1 is 1.45 bits per heavy atom. The summed E-state index contributed by atoms with van der Waals surface area (Å²) in [7, 11) is 0. The highest BCUT2D eigenvalue weighted by atomic mass is 35.5. The summed E-state index contributed by atoms with van der Waals surface area (Å²) in [5.41, 5.74) is 3.71. The van der Waals surface area contributed by atoms with Gasteiger partial charge in [0.15, 0.2) is 0 Å². The number of carbonyl (C=O) groups excluding carboxylic acids is 1. The van der Waals surface area contributed by atoms with E-state index in [0.717, 1.165) is 37.3 Å². The van der Waals surface area contributed by atoms with Gasteiger partial charge in [-0.05, 0) is 49.8 Å². The van der Waals surface area contributed by atoms with Gasteiger partial charge in [-0.2, -0.15) is 5.10 Å². The number of carbonyl (C=O) groups is 1. The van der Waals surface area contributed by atoms with E-state index in [0.29, 0.717) is 5.02 Å². The molecule has 0 aliphatic heterocycles. The van der Waals surface area contributed by atoms with Crippen molar-refractivity contribution >= 4 is 23.2 Å². The second-order valence-electron chi connectivity index (χ2n) is 5.13. The molecule has 0 atom stereocenters. The molecule has 1 saturated carbocycles. The summed E-state index contributed by atoms with van der Waals surface area (Å²) in [5.74, 6) is 0.235. The van der Waals surface area contributed by atoms with Crippen LogP contribution in [0.2, 0.25) is 5.02 Å². The van der Waals surface area contributed by atoms with Crippen LogP contribution in [0, 0.1) is 5.92 Å². The lowest BCUT2D eigenvalue weighted by Crippen LogP contribution is -2.22. The Bertz CT molecular complexity index is 519. The van der Waals surface area contributed by atoms with E-state index < -0.39 is 5.91 Å². The third-order valence-electron chi connectivity index (χ3n) is 3.78. The summed E-state index contributed by atoms with van der Waals surface area (Å²) in [6.45, 7) is 2.21. The van der Waals surface area contributed by atoms with E-state index in [2.05, 4.69) is 17.5 Å². The van der Waals surface area contributed by atoms with Gasteiger partial charge in [-0.3, -0.25) is 4.79 Å². The SMILES string of the molecule is CCC1CCC(=NNC(=O)c2ccc(Cl)cc2O)CC1. The summed E-state index contributed by atoms with van der Waals surface area (Å²) >= 11 is 5.73. The molecule has 1 aromatic rings. The van der Waals surface area contributed by atoms with E-state index in [1.54, 1.807) is 6.07 Å². The zero-order valence-electron chi connectivity index (χ0n) is 11.5. The molecular formula is C15H19ClN2O2. The first kappa shape index (κ1) is 14.9. The minimum Gasteiger partial charge on any atom is -0.507 e. The van der Waals surface area contributed by atoms with Crippen LogP contribution >= 0.6 is 11.6 Å². The molecule has 2 rings (SSSR count).